The number of hydrogen-bond acceptors (Lipinski definition) is 5. The highest BCUT2D eigenvalue weighted by Gasteiger charge is 2.45. The van der Waals surface area contributed by atoms with Gasteiger partial charge in [-0.3, -0.25) is 4.79 Å². The molecule has 154 valence electrons. The van der Waals surface area contributed by atoms with Crippen molar-refractivity contribution in [1.82, 2.24) is 4.90 Å². The van der Waals surface area contributed by atoms with Crippen molar-refractivity contribution in [3.63, 3.8) is 0 Å². The second kappa shape index (κ2) is 10.7. The number of nitrogens with zero attached hydrogens (tertiary/aromatic N) is 1. The Hall–Kier alpha value is -1.92. The van der Waals surface area contributed by atoms with Crippen molar-refractivity contribution in [2.75, 3.05) is 17.8 Å². The maximum Gasteiger partial charge on any atom is 0.417 e. The van der Waals surface area contributed by atoms with Gasteiger partial charge in [0.1, 0.15) is 6.10 Å². The minimum Gasteiger partial charge on any atom is -0.439 e. The van der Waals surface area contributed by atoms with Crippen molar-refractivity contribution in [2.45, 2.75) is 31.2 Å². The van der Waals surface area contributed by atoms with E-state index in [4.69, 9.17) is 4.74 Å². The van der Waals surface area contributed by atoms with Gasteiger partial charge >= 0.3 is 6.09 Å². The van der Waals surface area contributed by atoms with Crippen molar-refractivity contribution in [2.24, 2.45) is 5.92 Å². The molecule has 0 N–H and O–H groups in total. The molecule has 0 unspecified atom stereocenters. The molecule has 0 radical (unpaired) electrons. The molecule has 0 spiro atoms. The number of hydrogen-bond donors (Lipinski definition) is 0. The van der Waals surface area contributed by atoms with Crippen LogP contribution in [0.5, 0.6) is 0 Å². The van der Waals surface area contributed by atoms with Crippen molar-refractivity contribution in [3.8, 4) is 0 Å². The standard InChI is InChI=1S/C23H27NO3S2/c1-17-21(19-11-7-4-8-12-19)27-23(26)24(17)22(25)20(13-14-28-2)16-29-15-18-9-5-3-6-10-18/h3-12,17,20-21H,13-16H2,1-2H3/t17-,20+,21-/m0/s1. The van der Waals surface area contributed by atoms with Crippen LogP contribution in [0.15, 0.2) is 60.7 Å². The maximum absolute atomic E-state index is 13.3. The summed E-state index contributed by atoms with van der Waals surface area (Å²) in [4.78, 5) is 27.2. The highest BCUT2D eigenvalue weighted by molar-refractivity contribution is 7.98. The second-order valence-electron chi connectivity index (χ2n) is 7.14. The van der Waals surface area contributed by atoms with Gasteiger partial charge in [0, 0.05) is 17.4 Å². The molecule has 1 aliphatic rings. The fraction of sp³-hybridized carbons (Fsp3) is 0.391. The first-order valence-corrected chi connectivity index (χ1v) is 12.4. The second-order valence-corrected chi connectivity index (χ2v) is 9.16. The molecule has 4 nitrogen and oxygen atoms in total. The molecule has 1 aliphatic heterocycles. The van der Waals surface area contributed by atoms with E-state index in [2.05, 4.69) is 12.1 Å². The number of ether oxygens (including phenoxy) is 1. The smallest absolute Gasteiger partial charge is 0.417 e. The van der Waals surface area contributed by atoms with Crippen LogP contribution in [0.1, 0.15) is 30.6 Å². The van der Waals surface area contributed by atoms with Crippen LogP contribution in [0.25, 0.3) is 0 Å². The van der Waals surface area contributed by atoms with Crippen LogP contribution in [0, 0.1) is 5.92 Å². The Balaban J connectivity index is 1.66. The van der Waals surface area contributed by atoms with Gasteiger partial charge in [-0.2, -0.15) is 23.5 Å². The third-order valence-corrected chi connectivity index (χ3v) is 6.91. The Labute approximate surface area is 181 Å². The predicted molar refractivity (Wildman–Crippen MR) is 121 cm³/mol. The van der Waals surface area contributed by atoms with E-state index in [0.29, 0.717) is 5.75 Å². The molecule has 2 aromatic carbocycles. The summed E-state index contributed by atoms with van der Waals surface area (Å²) in [7, 11) is 0. The third-order valence-electron chi connectivity index (χ3n) is 5.09. The minimum absolute atomic E-state index is 0.115. The summed E-state index contributed by atoms with van der Waals surface area (Å²) in [5.74, 6) is 2.13. The molecule has 1 heterocycles. The van der Waals surface area contributed by atoms with E-state index in [-0.39, 0.29) is 17.9 Å². The largest absolute Gasteiger partial charge is 0.439 e. The zero-order valence-corrected chi connectivity index (χ0v) is 18.5. The van der Waals surface area contributed by atoms with E-state index in [1.54, 1.807) is 23.5 Å². The van der Waals surface area contributed by atoms with E-state index in [0.717, 1.165) is 23.5 Å². The molecule has 0 saturated carbocycles. The van der Waals surface area contributed by atoms with Crippen molar-refractivity contribution >= 4 is 35.5 Å². The molecule has 1 saturated heterocycles. The van der Waals surface area contributed by atoms with Crippen LogP contribution in [-0.2, 0) is 15.3 Å². The van der Waals surface area contributed by atoms with Gasteiger partial charge < -0.3 is 4.74 Å². The number of amides is 2. The molecule has 3 atom stereocenters. The van der Waals surface area contributed by atoms with Crippen LogP contribution >= 0.6 is 23.5 Å². The SMILES string of the molecule is CSCC[C@H](CSCc1ccccc1)C(=O)N1C(=O)O[C@H](c2ccccc2)[C@@H]1C. The summed E-state index contributed by atoms with van der Waals surface area (Å²) in [6, 6.07) is 19.6. The fourth-order valence-corrected chi connectivity index (χ4v) is 5.13. The Morgan fingerprint density at radius 2 is 1.76 bits per heavy atom. The average molecular weight is 430 g/mol. The number of benzene rings is 2. The molecule has 0 aromatic heterocycles. The number of carbonyl (C=O) groups excluding carboxylic acids is 2. The van der Waals surface area contributed by atoms with Gasteiger partial charge in [-0.25, -0.2) is 9.69 Å². The monoisotopic (exact) mass is 429 g/mol. The summed E-state index contributed by atoms with van der Waals surface area (Å²) >= 11 is 3.47. The Bertz CT molecular complexity index is 800. The lowest BCUT2D eigenvalue weighted by molar-refractivity contribution is -0.132. The topological polar surface area (TPSA) is 46.6 Å². The summed E-state index contributed by atoms with van der Waals surface area (Å²) in [5, 5.41) is 0. The van der Waals surface area contributed by atoms with Gasteiger partial charge in [0.15, 0.2) is 0 Å². The zero-order chi connectivity index (χ0) is 20.6. The molecule has 2 aromatic rings. The zero-order valence-electron chi connectivity index (χ0n) is 16.8. The molecule has 1 fully saturated rings. The summed E-state index contributed by atoms with van der Waals surface area (Å²) in [5.41, 5.74) is 2.16. The number of cyclic esters (lactones) is 1. The van der Waals surface area contributed by atoms with Crippen molar-refractivity contribution in [1.29, 1.82) is 0 Å². The molecule has 6 heteroatoms. The highest BCUT2D eigenvalue weighted by atomic mass is 32.2. The normalized spacial score (nSPS) is 19.8. The van der Waals surface area contributed by atoms with Gasteiger partial charge in [-0.05, 0) is 36.5 Å². The minimum atomic E-state index is -0.529. The average Bonchev–Trinajstić information content (AvgIpc) is 3.05. The fourth-order valence-electron chi connectivity index (χ4n) is 3.47. The Morgan fingerprint density at radius 3 is 2.41 bits per heavy atom. The highest BCUT2D eigenvalue weighted by Crippen LogP contribution is 2.34. The van der Waals surface area contributed by atoms with Crippen LogP contribution in [0.2, 0.25) is 0 Å². The van der Waals surface area contributed by atoms with Crippen LogP contribution in [0.3, 0.4) is 0 Å². The van der Waals surface area contributed by atoms with Crippen molar-refractivity contribution in [3.05, 3.63) is 71.8 Å². The Morgan fingerprint density at radius 1 is 1.10 bits per heavy atom. The van der Waals surface area contributed by atoms with E-state index in [1.165, 1.54) is 10.5 Å². The number of imide groups is 1. The number of carbonyl (C=O) groups is 2. The lowest BCUT2D eigenvalue weighted by Crippen LogP contribution is -2.42. The summed E-state index contributed by atoms with van der Waals surface area (Å²) < 4.78 is 5.58. The summed E-state index contributed by atoms with van der Waals surface area (Å²) in [6.45, 7) is 1.89. The quantitative estimate of drug-likeness (QED) is 0.534. The number of thioether (sulfide) groups is 2. The lowest BCUT2D eigenvalue weighted by atomic mass is 10.0. The van der Waals surface area contributed by atoms with E-state index >= 15 is 0 Å². The molecular formula is C23H27NO3S2. The first-order valence-electron chi connectivity index (χ1n) is 9.81. The molecule has 0 bridgehead atoms. The molecular weight excluding hydrogens is 402 g/mol. The predicted octanol–water partition coefficient (Wildman–Crippen LogP) is 5.40. The first kappa shape index (κ1) is 21.8. The molecule has 2 amide bonds. The van der Waals surface area contributed by atoms with Crippen LogP contribution in [0.4, 0.5) is 4.79 Å². The summed E-state index contributed by atoms with van der Waals surface area (Å²) in [6.07, 6.45) is 1.86. The van der Waals surface area contributed by atoms with Gasteiger partial charge in [-0.15, -0.1) is 0 Å². The molecule has 3 rings (SSSR count). The van der Waals surface area contributed by atoms with Gasteiger partial charge in [0.2, 0.25) is 5.91 Å². The van der Waals surface area contributed by atoms with Gasteiger partial charge in [-0.1, -0.05) is 60.7 Å². The molecule has 0 aliphatic carbocycles. The van der Waals surface area contributed by atoms with Crippen LogP contribution in [-0.4, -0.2) is 40.7 Å². The van der Waals surface area contributed by atoms with E-state index < -0.39 is 12.2 Å². The van der Waals surface area contributed by atoms with Crippen molar-refractivity contribution < 1.29 is 14.3 Å². The third kappa shape index (κ3) is 5.58. The maximum atomic E-state index is 13.3. The van der Waals surface area contributed by atoms with Crippen LogP contribution < -0.4 is 0 Å². The van der Waals surface area contributed by atoms with E-state index in [9.17, 15) is 9.59 Å². The number of rotatable bonds is 9. The lowest BCUT2D eigenvalue weighted by Gasteiger charge is -2.24. The van der Waals surface area contributed by atoms with Gasteiger partial charge in [0.05, 0.1) is 6.04 Å². The van der Waals surface area contributed by atoms with E-state index in [1.807, 2.05) is 61.7 Å². The molecule has 29 heavy (non-hydrogen) atoms. The Kier molecular flexibility index (Phi) is 8.07. The van der Waals surface area contributed by atoms with Gasteiger partial charge in [0.25, 0.3) is 0 Å². The first-order chi connectivity index (χ1) is 14.1.